The molecule has 0 radical (unpaired) electrons. The topological polar surface area (TPSA) is 45.2 Å². The molecule has 3 rings (SSSR count). The minimum atomic E-state index is -0.306. The maximum Gasteiger partial charge on any atom is 0.186 e. The standard InChI is InChI=1S/C14H18FN5S/c1-9-8-21-14(16-9)20-6-4-19(5-7-20)13-12(15)10(2)17-11(3)18-13/h8H,4-7H2,1-3H3. The van der Waals surface area contributed by atoms with E-state index in [0.717, 1.165) is 37.0 Å². The van der Waals surface area contributed by atoms with Crippen LogP contribution in [0.2, 0.25) is 0 Å². The van der Waals surface area contributed by atoms with Crippen LogP contribution in [0.1, 0.15) is 17.2 Å². The first kappa shape index (κ1) is 14.2. The first-order chi connectivity index (χ1) is 10.0. The lowest BCUT2D eigenvalue weighted by Gasteiger charge is -2.35. The van der Waals surface area contributed by atoms with Gasteiger partial charge in [0.1, 0.15) is 5.82 Å². The van der Waals surface area contributed by atoms with Gasteiger partial charge in [-0.2, -0.15) is 0 Å². The summed E-state index contributed by atoms with van der Waals surface area (Å²) in [7, 11) is 0. The van der Waals surface area contributed by atoms with Crippen molar-refractivity contribution in [2.45, 2.75) is 20.8 Å². The van der Waals surface area contributed by atoms with Crippen molar-refractivity contribution in [1.82, 2.24) is 15.0 Å². The molecular formula is C14H18FN5S. The molecule has 112 valence electrons. The zero-order valence-corrected chi connectivity index (χ0v) is 13.2. The van der Waals surface area contributed by atoms with Crippen LogP contribution in [0.3, 0.4) is 0 Å². The Balaban J connectivity index is 1.74. The highest BCUT2D eigenvalue weighted by Crippen LogP contribution is 2.24. The second-order valence-corrected chi connectivity index (χ2v) is 6.08. The van der Waals surface area contributed by atoms with Gasteiger partial charge in [0, 0.05) is 31.6 Å². The van der Waals surface area contributed by atoms with Crippen LogP contribution < -0.4 is 9.80 Å². The Morgan fingerprint density at radius 2 is 1.67 bits per heavy atom. The fraction of sp³-hybridized carbons (Fsp3) is 0.500. The fourth-order valence-corrected chi connectivity index (χ4v) is 3.34. The highest BCUT2D eigenvalue weighted by atomic mass is 32.1. The zero-order valence-electron chi connectivity index (χ0n) is 12.4. The largest absolute Gasteiger partial charge is 0.351 e. The third kappa shape index (κ3) is 2.83. The summed E-state index contributed by atoms with van der Waals surface area (Å²) in [6.45, 7) is 8.62. The summed E-state index contributed by atoms with van der Waals surface area (Å²) in [5.74, 6) is 0.732. The molecule has 0 saturated carbocycles. The number of rotatable bonds is 2. The van der Waals surface area contributed by atoms with Crippen LogP contribution in [0.5, 0.6) is 0 Å². The molecule has 5 nitrogen and oxygen atoms in total. The molecule has 1 fully saturated rings. The Morgan fingerprint density at radius 3 is 2.29 bits per heavy atom. The van der Waals surface area contributed by atoms with E-state index in [1.54, 1.807) is 25.2 Å². The molecule has 0 unspecified atom stereocenters. The molecule has 0 spiro atoms. The summed E-state index contributed by atoms with van der Waals surface area (Å²) in [6, 6.07) is 0. The first-order valence-electron chi connectivity index (χ1n) is 6.97. The van der Waals surface area contributed by atoms with E-state index in [2.05, 4.69) is 25.2 Å². The van der Waals surface area contributed by atoms with Crippen LogP contribution in [-0.2, 0) is 0 Å². The van der Waals surface area contributed by atoms with Gasteiger partial charge in [0.2, 0.25) is 0 Å². The van der Waals surface area contributed by atoms with Crippen molar-refractivity contribution in [3.8, 4) is 0 Å². The van der Waals surface area contributed by atoms with Gasteiger partial charge in [-0.05, 0) is 20.8 Å². The van der Waals surface area contributed by atoms with Crippen LogP contribution in [-0.4, -0.2) is 41.1 Å². The van der Waals surface area contributed by atoms with Crippen molar-refractivity contribution in [2.24, 2.45) is 0 Å². The van der Waals surface area contributed by atoms with Gasteiger partial charge in [-0.15, -0.1) is 11.3 Å². The van der Waals surface area contributed by atoms with Gasteiger partial charge in [-0.3, -0.25) is 0 Å². The molecule has 0 aromatic carbocycles. The second kappa shape index (κ2) is 5.55. The van der Waals surface area contributed by atoms with Crippen LogP contribution in [0.25, 0.3) is 0 Å². The minimum Gasteiger partial charge on any atom is -0.351 e. The van der Waals surface area contributed by atoms with E-state index in [1.807, 2.05) is 11.8 Å². The normalized spacial score (nSPS) is 15.6. The molecule has 0 atom stereocenters. The average molecular weight is 307 g/mol. The first-order valence-corrected chi connectivity index (χ1v) is 7.85. The summed E-state index contributed by atoms with van der Waals surface area (Å²) in [4.78, 5) is 17.1. The minimum absolute atomic E-state index is 0.306. The average Bonchev–Trinajstić information content (AvgIpc) is 2.90. The van der Waals surface area contributed by atoms with Gasteiger partial charge in [0.05, 0.1) is 11.4 Å². The van der Waals surface area contributed by atoms with Crippen molar-refractivity contribution in [2.75, 3.05) is 36.0 Å². The monoisotopic (exact) mass is 307 g/mol. The molecule has 0 bridgehead atoms. The fourth-order valence-electron chi connectivity index (χ4n) is 2.49. The lowest BCUT2D eigenvalue weighted by atomic mass is 10.3. The SMILES string of the molecule is Cc1csc(N2CCN(c3nc(C)nc(C)c3F)CC2)n1. The number of anilines is 2. The van der Waals surface area contributed by atoms with E-state index in [9.17, 15) is 4.39 Å². The summed E-state index contributed by atoms with van der Waals surface area (Å²) in [5, 5.41) is 3.10. The number of nitrogens with zero attached hydrogens (tertiary/aromatic N) is 5. The van der Waals surface area contributed by atoms with Gasteiger partial charge >= 0.3 is 0 Å². The Kier molecular flexibility index (Phi) is 3.75. The Labute approximate surface area is 127 Å². The molecule has 1 aliphatic rings. The molecule has 7 heteroatoms. The Hall–Kier alpha value is -1.76. The Morgan fingerprint density at radius 1 is 1.00 bits per heavy atom. The van der Waals surface area contributed by atoms with E-state index in [-0.39, 0.29) is 5.82 Å². The van der Waals surface area contributed by atoms with Crippen molar-refractivity contribution >= 4 is 22.3 Å². The third-order valence-corrected chi connectivity index (χ3v) is 4.59. The van der Waals surface area contributed by atoms with Crippen molar-refractivity contribution in [3.63, 3.8) is 0 Å². The van der Waals surface area contributed by atoms with Gasteiger partial charge in [-0.1, -0.05) is 0 Å². The summed E-state index contributed by atoms with van der Waals surface area (Å²) >= 11 is 1.66. The van der Waals surface area contributed by atoms with E-state index >= 15 is 0 Å². The highest BCUT2D eigenvalue weighted by Gasteiger charge is 2.23. The molecule has 3 heterocycles. The molecule has 2 aromatic heterocycles. The van der Waals surface area contributed by atoms with Crippen LogP contribution in [0.4, 0.5) is 15.3 Å². The summed E-state index contributed by atoms with van der Waals surface area (Å²) in [6.07, 6.45) is 0. The number of piperazine rings is 1. The smallest absolute Gasteiger partial charge is 0.186 e. The maximum atomic E-state index is 14.2. The van der Waals surface area contributed by atoms with E-state index in [4.69, 9.17) is 0 Å². The third-order valence-electron chi connectivity index (χ3n) is 3.57. The van der Waals surface area contributed by atoms with E-state index in [1.165, 1.54) is 0 Å². The molecule has 0 amide bonds. The lowest BCUT2D eigenvalue weighted by molar-refractivity contribution is 0.571. The highest BCUT2D eigenvalue weighted by molar-refractivity contribution is 7.13. The molecule has 2 aromatic rings. The van der Waals surface area contributed by atoms with Crippen molar-refractivity contribution in [3.05, 3.63) is 28.4 Å². The number of halogens is 1. The second-order valence-electron chi connectivity index (χ2n) is 5.24. The van der Waals surface area contributed by atoms with Crippen molar-refractivity contribution < 1.29 is 4.39 Å². The maximum absolute atomic E-state index is 14.2. The van der Waals surface area contributed by atoms with Gasteiger partial charge < -0.3 is 9.80 Å². The van der Waals surface area contributed by atoms with E-state index < -0.39 is 0 Å². The molecule has 0 N–H and O–H groups in total. The molecule has 21 heavy (non-hydrogen) atoms. The molecule has 1 saturated heterocycles. The number of thiazole rings is 1. The molecule has 1 aliphatic heterocycles. The number of hydrogen-bond acceptors (Lipinski definition) is 6. The molecular weight excluding hydrogens is 289 g/mol. The summed E-state index contributed by atoms with van der Waals surface area (Å²) in [5.41, 5.74) is 1.46. The van der Waals surface area contributed by atoms with Crippen molar-refractivity contribution in [1.29, 1.82) is 0 Å². The van der Waals surface area contributed by atoms with E-state index in [0.29, 0.717) is 17.3 Å². The lowest BCUT2D eigenvalue weighted by Crippen LogP contribution is -2.47. The van der Waals surface area contributed by atoms with Gasteiger partial charge in [0.25, 0.3) is 0 Å². The number of aryl methyl sites for hydroxylation is 3. The van der Waals surface area contributed by atoms with Crippen LogP contribution in [0, 0.1) is 26.6 Å². The van der Waals surface area contributed by atoms with Crippen LogP contribution >= 0.6 is 11.3 Å². The number of hydrogen-bond donors (Lipinski definition) is 0. The van der Waals surface area contributed by atoms with Gasteiger partial charge in [0.15, 0.2) is 16.8 Å². The number of aromatic nitrogens is 3. The van der Waals surface area contributed by atoms with Gasteiger partial charge in [-0.25, -0.2) is 19.3 Å². The van der Waals surface area contributed by atoms with Crippen LogP contribution in [0.15, 0.2) is 5.38 Å². The molecule has 0 aliphatic carbocycles. The quantitative estimate of drug-likeness (QED) is 0.852. The predicted octanol–water partition coefficient (Wildman–Crippen LogP) is 2.32. The zero-order chi connectivity index (χ0) is 15.0. The summed E-state index contributed by atoms with van der Waals surface area (Å²) < 4.78 is 14.2. The predicted molar refractivity (Wildman–Crippen MR) is 82.7 cm³/mol. The Bertz CT molecular complexity index is 649.